The first-order valence-corrected chi connectivity index (χ1v) is 9.24. The molecule has 10 heteroatoms. The van der Waals surface area contributed by atoms with Crippen molar-refractivity contribution in [1.82, 2.24) is 44.7 Å². The third kappa shape index (κ3) is 3.04. The summed E-state index contributed by atoms with van der Waals surface area (Å²) >= 11 is 0. The number of nitrogens with one attached hydrogen (secondary N) is 1. The van der Waals surface area contributed by atoms with Crippen LogP contribution in [0.2, 0.25) is 0 Å². The molecule has 0 saturated heterocycles. The van der Waals surface area contributed by atoms with Gasteiger partial charge in [-0.15, -0.1) is 5.10 Å². The highest BCUT2D eigenvalue weighted by Crippen LogP contribution is 2.29. The first-order chi connectivity index (χ1) is 14.3. The summed E-state index contributed by atoms with van der Waals surface area (Å²) < 4.78 is 3.60. The van der Waals surface area contributed by atoms with Crippen LogP contribution in [-0.2, 0) is 6.54 Å². The lowest BCUT2D eigenvalue weighted by atomic mass is 10.2. The summed E-state index contributed by atoms with van der Waals surface area (Å²) in [5, 5.41) is 16.0. The second-order valence-electron chi connectivity index (χ2n) is 6.94. The predicted octanol–water partition coefficient (Wildman–Crippen LogP) is 2.32. The fraction of sp³-hybridized carbons (Fsp3) is 0.158. The van der Waals surface area contributed by atoms with Crippen LogP contribution in [0.3, 0.4) is 0 Å². The molecule has 0 bridgehead atoms. The van der Waals surface area contributed by atoms with E-state index in [1.807, 2.05) is 29.1 Å². The molecule has 5 aromatic rings. The minimum Gasteiger partial charge on any atom is -0.321 e. The van der Waals surface area contributed by atoms with Crippen molar-refractivity contribution < 1.29 is 0 Å². The average molecular weight is 383 g/mol. The molecule has 4 aromatic heterocycles. The second-order valence-corrected chi connectivity index (χ2v) is 6.94. The Labute approximate surface area is 164 Å². The maximum absolute atomic E-state index is 4.61. The van der Waals surface area contributed by atoms with Crippen molar-refractivity contribution in [2.24, 2.45) is 5.92 Å². The quantitative estimate of drug-likeness (QED) is 0.492. The highest BCUT2D eigenvalue weighted by Gasteiger charge is 2.22. The van der Waals surface area contributed by atoms with Gasteiger partial charge in [-0.2, -0.15) is 14.8 Å². The van der Waals surface area contributed by atoms with Crippen LogP contribution in [0.4, 0.5) is 11.6 Å². The average Bonchev–Trinajstić information content (AvgIpc) is 3.29. The SMILES string of the molecule is [CH]1CC1Cn1cc(Nc2ncc3nnn(-c4ccc5nccnc5c4)c3n2)cn1. The van der Waals surface area contributed by atoms with Gasteiger partial charge in [-0.1, -0.05) is 5.21 Å². The monoisotopic (exact) mass is 383 g/mol. The van der Waals surface area contributed by atoms with E-state index in [0.29, 0.717) is 23.0 Å². The Balaban J connectivity index is 1.34. The van der Waals surface area contributed by atoms with Crippen molar-refractivity contribution in [3.63, 3.8) is 0 Å². The van der Waals surface area contributed by atoms with Crippen molar-refractivity contribution >= 4 is 33.8 Å². The molecule has 0 amide bonds. The van der Waals surface area contributed by atoms with E-state index >= 15 is 0 Å². The second kappa shape index (κ2) is 6.30. The third-order valence-electron chi connectivity index (χ3n) is 4.77. The van der Waals surface area contributed by atoms with Gasteiger partial charge in [-0.25, -0.2) is 4.98 Å². The summed E-state index contributed by atoms with van der Waals surface area (Å²) in [6.45, 7) is 0.906. The molecule has 6 rings (SSSR count). The van der Waals surface area contributed by atoms with Gasteiger partial charge in [-0.3, -0.25) is 14.6 Å². The Kier molecular flexibility index (Phi) is 3.48. The Hall–Kier alpha value is -3.95. The first kappa shape index (κ1) is 16.0. The fourth-order valence-corrected chi connectivity index (χ4v) is 3.19. The van der Waals surface area contributed by atoms with Crippen LogP contribution >= 0.6 is 0 Å². The van der Waals surface area contributed by atoms with Gasteiger partial charge in [0, 0.05) is 25.1 Å². The molecule has 0 spiro atoms. The molecule has 10 nitrogen and oxygen atoms in total. The number of nitrogens with zero attached hydrogens (tertiary/aromatic N) is 9. The molecule has 0 aliphatic heterocycles. The van der Waals surface area contributed by atoms with Gasteiger partial charge < -0.3 is 5.32 Å². The van der Waals surface area contributed by atoms with Crippen molar-refractivity contribution in [2.75, 3.05) is 5.32 Å². The number of fused-ring (bicyclic) bond motifs is 2. The zero-order valence-electron chi connectivity index (χ0n) is 15.2. The summed E-state index contributed by atoms with van der Waals surface area (Å²) in [6.07, 6.45) is 12.2. The fourth-order valence-electron chi connectivity index (χ4n) is 3.19. The molecule has 1 aliphatic rings. The molecule has 1 aromatic carbocycles. The molecular weight excluding hydrogens is 368 g/mol. The van der Waals surface area contributed by atoms with E-state index in [2.05, 4.69) is 47.1 Å². The molecule has 4 heterocycles. The Morgan fingerprint density at radius 2 is 1.93 bits per heavy atom. The van der Waals surface area contributed by atoms with Crippen LogP contribution < -0.4 is 5.32 Å². The smallest absolute Gasteiger partial charge is 0.229 e. The van der Waals surface area contributed by atoms with Gasteiger partial charge in [0.15, 0.2) is 11.2 Å². The third-order valence-corrected chi connectivity index (χ3v) is 4.77. The van der Waals surface area contributed by atoms with Gasteiger partial charge in [0.25, 0.3) is 0 Å². The highest BCUT2D eigenvalue weighted by atomic mass is 15.4. The highest BCUT2D eigenvalue weighted by molar-refractivity contribution is 5.78. The summed E-state index contributed by atoms with van der Waals surface area (Å²) in [4.78, 5) is 17.6. The standard InChI is InChI=1S/C19H15N10/c1-2-12(1)10-28-11-13(8-23-28)24-19-22-9-17-18(25-19)29(27-26-17)14-3-4-15-16(7-14)21-6-5-20-15/h1,3-9,11-12H,2,10H2,(H,22,24,25). The van der Waals surface area contributed by atoms with Crippen molar-refractivity contribution in [3.05, 3.63) is 55.6 Å². The van der Waals surface area contributed by atoms with E-state index in [0.717, 1.165) is 29.0 Å². The molecule has 29 heavy (non-hydrogen) atoms. The number of anilines is 2. The van der Waals surface area contributed by atoms with E-state index in [1.165, 1.54) is 6.42 Å². The van der Waals surface area contributed by atoms with E-state index in [9.17, 15) is 0 Å². The van der Waals surface area contributed by atoms with E-state index in [4.69, 9.17) is 0 Å². The number of aromatic nitrogens is 9. The Bertz CT molecular complexity index is 1330. The lowest BCUT2D eigenvalue weighted by molar-refractivity contribution is 0.574. The maximum atomic E-state index is 4.61. The van der Waals surface area contributed by atoms with Crippen LogP contribution in [-0.4, -0.2) is 44.7 Å². The molecule has 1 fully saturated rings. The van der Waals surface area contributed by atoms with Crippen molar-refractivity contribution in [2.45, 2.75) is 13.0 Å². The zero-order valence-corrected chi connectivity index (χ0v) is 15.2. The van der Waals surface area contributed by atoms with E-state index < -0.39 is 0 Å². The van der Waals surface area contributed by atoms with Gasteiger partial charge >= 0.3 is 0 Å². The van der Waals surface area contributed by atoms with Crippen LogP contribution in [0.25, 0.3) is 27.9 Å². The molecule has 1 atom stereocenters. The van der Waals surface area contributed by atoms with Crippen LogP contribution in [0, 0.1) is 12.3 Å². The summed E-state index contributed by atoms with van der Waals surface area (Å²) in [5.41, 5.74) is 4.45. The molecule has 1 radical (unpaired) electrons. The van der Waals surface area contributed by atoms with Gasteiger partial charge in [0.05, 0.1) is 34.8 Å². The van der Waals surface area contributed by atoms with Gasteiger partial charge in [0.2, 0.25) is 5.95 Å². The number of hydrogen-bond acceptors (Lipinski definition) is 8. The number of rotatable bonds is 5. The maximum Gasteiger partial charge on any atom is 0.229 e. The Morgan fingerprint density at radius 1 is 1.03 bits per heavy atom. The minimum atomic E-state index is 0.458. The van der Waals surface area contributed by atoms with Crippen molar-refractivity contribution in [3.8, 4) is 5.69 Å². The summed E-state index contributed by atoms with van der Waals surface area (Å²) in [5.74, 6) is 1.10. The lowest BCUT2D eigenvalue weighted by Crippen LogP contribution is -2.02. The normalized spacial score (nSPS) is 13.9. The lowest BCUT2D eigenvalue weighted by Gasteiger charge is -2.04. The van der Waals surface area contributed by atoms with Crippen LogP contribution in [0.15, 0.2) is 49.2 Å². The molecular formula is C19H15N10. The molecule has 1 N–H and O–H groups in total. The van der Waals surface area contributed by atoms with E-state index in [1.54, 1.807) is 29.5 Å². The van der Waals surface area contributed by atoms with Gasteiger partial charge in [0.1, 0.15) is 0 Å². The van der Waals surface area contributed by atoms with Crippen LogP contribution in [0.1, 0.15) is 6.42 Å². The summed E-state index contributed by atoms with van der Waals surface area (Å²) in [6, 6.07) is 5.72. The zero-order chi connectivity index (χ0) is 19.2. The van der Waals surface area contributed by atoms with Crippen molar-refractivity contribution in [1.29, 1.82) is 0 Å². The minimum absolute atomic E-state index is 0.458. The van der Waals surface area contributed by atoms with Crippen LogP contribution in [0.5, 0.6) is 0 Å². The number of hydrogen-bond donors (Lipinski definition) is 1. The molecule has 1 aliphatic carbocycles. The molecule has 1 unspecified atom stereocenters. The molecule has 1 saturated carbocycles. The molecule has 141 valence electrons. The van der Waals surface area contributed by atoms with E-state index in [-0.39, 0.29) is 0 Å². The topological polar surface area (TPSA) is 112 Å². The Morgan fingerprint density at radius 3 is 2.83 bits per heavy atom. The largest absolute Gasteiger partial charge is 0.321 e. The number of benzene rings is 1. The van der Waals surface area contributed by atoms with Gasteiger partial charge in [-0.05, 0) is 37.0 Å². The first-order valence-electron chi connectivity index (χ1n) is 9.24. The predicted molar refractivity (Wildman–Crippen MR) is 105 cm³/mol. The summed E-state index contributed by atoms with van der Waals surface area (Å²) in [7, 11) is 0.